The van der Waals surface area contributed by atoms with E-state index in [0.29, 0.717) is 6.54 Å². The Labute approximate surface area is 53.4 Å². The lowest BCUT2D eigenvalue weighted by molar-refractivity contribution is 0.260. The largest absolute Gasteiger partial charge is 0.341 e. The number of rotatable bonds is 3. The van der Waals surface area contributed by atoms with Crippen molar-refractivity contribution >= 4 is 17.0 Å². The minimum Gasteiger partial charge on any atom is -0.341 e. The SMILES string of the molecule is CNCCNC(=O)Cl. The van der Waals surface area contributed by atoms with Crippen LogP contribution in [0.25, 0.3) is 0 Å². The predicted molar refractivity (Wildman–Crippen MR) is 33.2 cm³/mol. The van der Waals surface area contributed by atoms with Gasteiger partial charge in [0.05, 0.1) is 0 Å². The molecule has 0 aliphatic heterocycles. The average molecular weight is 137 g/mol. The highest BCUT2D eigenvalue weighted by Crippen LogP contribution is 1.72. The molecule has 0 rings (SSSR count). The van der Waals surface area contributed by atoms with Gasteiger partial charge in [0, 0.05) is 13.1 Å². The lowest BCUT2D eigenvalue weighted by Crippen LogP contribution is -2.26. The molecule has 3 nitrogen and oxygen atoms in total. The van der Waals surface area contributed by atoms with Crippen molar-refractivity contribution in [3.8, 4) is 0 Å². The first-order valence-electron chi connectivity index (χ1n) is 2.35. The Hall–Kier alpha value is -0.280. The average Bonchev–Trinajstić information content (AvgIpc) is 1.66. The first kappa shape index (κ1) is 7.72. The van der Waals surface area contributed by atoms with Crippen molar-refractivity contribution in [3.05, 3.63) is 0 Å². The maximum absolute atomic E-state index is 9.95. The van der Waals surface area contributed by atoms with Gasteiger partial charge in [-0.05, 0) is 18.6 Å². The van der Waals surface area contributed by atoms with E-state index in [1.807, 2.05) is 0 Å². The van der Waals surface area contributed by atoms with Crippen molar-refractivity contribution in [1.82, 2.24) is 10.6 Å². The molecule has 0 saturated heterocycles. The van der Waals surface area contributed by atoms with Gasteiger partial charge in [-0.2, -0.15) is 0 Å². The molecule has 0 saturated carbocycles. The van der Waals surface area contributed by atoms with Gasteiger partial charge in [0.1, 0.15) is 0 Å². The third-order valence-corrected chi connectivity index (χ3v) is 0.773. The monoisotopic (exact) mass is 136 g/mol. The summed E-state index contributed by atoms with van der Waals surface area (Å²) in [6.45, 7) is 1.33. The summed E-state index contributed by atoms with van der Waals surface area (Å²) in [5.74, 6) is 0. The molecule has 2 N–H and O–H groups in total. The first-order chi connectivity index (χ1) is 3.77. The molecular weight excluding hydrogens is 128 g/mol. The van der Waals surface area contributed by atoms with Crippen molar-refractivity contribution in [3.63, 3.8) is 0 Å². The summed E-state index contributed by atoms with van der Waals surface area (Å²) in [5.41, 5.74) is 0. The Balaban J connectivity index is 2.82. The molecule has 0 aromatic rings. The van der Waals surface area contributed by atoms with Crippen LogP contribution in [0.1, 0.15) is 0 Å². The number of amides is 1. The van der Waals surface area contributed by atoms with E-state index in [-0.39, 0.29) is 0 Å². The van der Waals surface area contributed by atoms with Gasteiger partial charge >= 0.3 is 5.37 Å². The van der Waals surface area contributed by atoms with Crippen LogP contribution < -0.4 is 10.6 Å². The van der Waals surface area contributed by atoms with Crippen LogP contribution in [-0.4, -0.2) is 25.5 Å². The van der Waals surface area contributed by atoms with E-state index in [4.69, 9.17) is 11.6 Å². The third kappa shape index (κ3) is 5.72. The Morgan fingerprint density at radius 1 is 1.62 bits per heavy atom. The van der Waals surface area contributed by atoms with Crippen LogP contribution in [0.4, 0.5) is 4.79 Å². The predicted octanol–water partition coefficient (Wildman–Crippen LogP) is 0.154. The van der Waals surface area contributed by atoms with Gasteiger partial charge in [-0.25, -0.2) is 0 Å². The van der Waals surface area contributed by atoms with Gasteiger partial charge in [-0.15, -0.1) is 0 Å². The summed E-state index contributed by atoms with van der Waals surface area (Å²) in [6, 6.07) is 0. The van der Waals surface area contributed by atoms with Crippen LogP contribution >= 0.6 is 11.6 Å². The molecule has 0 aromatic heterocycles. The summed E-state index contributed by atoms with van der Waals surface area (Å²) in [7, 11) is 1.81. The molecule has 0 heterocycles. The molecule has 0 aliphatic carbocycles. The second-order valence-corrected chi connectivity index (χ2v) is 1.65. The molecule has 0 spiro atoms. The zero-order valence-electron chi connectivity index (χ0n) is 4.70. The standard InChI is InChI=1S/C4H9ClN2O/c1-6-2-3-7-4(5)8/h6H,2-3H2,1H3,(H,7,8). The fraction of sp³-hybridized carbons (Fsp3) is 0.750. The van der Waals surface area contributed by atoms with E-state index in [9.17, 15) is 4.79 Å². The quantitative estimate of drug-likeness (QED) is 0.330. The second kappa shape index (κ2) is 4.87. The van der Waals surface area contributed by atoms with E-state index in [1.54, 1.807) is 7.05 Å². The molecule has 0 radical (unpaired) electrons. The van der Waals surface area contributed by atoms with Crippen molar-refractivity contribution in [2.75, 3.05) is 20.1 Å². The van der Waals surface area contributed by atoms with Crippen molar-refractivity contribution in [2.45, 2.75) is 0 Å². The Bertz CT molecular complexity index is 76.4. The fourth-order valence-electron chi connectivity index (χ4n) is 0.286. The second-order valence-electron chi connectivity index (χ2n) is 1.30. The maximum Gasteiger partial charge on any atom is 0.313 e. The van der Waals surface area contributed by atoms with Crippen molar-refractivity contribution in [2.24, 2.45) is 0 Å². The van der Waals surface area contributed by atoms with Crippen LogP contribution in [0.15, 0.2) is 0 Å². The van der Waals surface area contributed by atoms with Gasteiger partial charge in [-0.1, -0.05) is 0 Å². The topological polar surface area (TPSA) is 41.1 Å². The van der Waals surface area contributed by atoms with Crippen molar-refractivity contribution < 1.29 is 4.79 Å². The number of carbonyl (C=O) groups is 1. The van der Waals surface area contributed by atoms with E-state index < -0.39 is 5.37 Å². The van der Waals surface area contributed by atoms with Gasteiger partial charge in [0.15, 0.2) is 0 Å². The Morgan fingerprint density at radius 2 is 2.25 bits per heavy atom. The smallest absolute Gasteiger partial charge is 0.313 e. The number of nitrogens with one attached hydrogen (secondary N) is 2. The summed E-state index contributed by atoms with van der Waals surface area (Å²) in [4.78, 5) is 9.95. The summed E-state index contributed by atoms with van der Waals surface area (Å²) >= 11 is 4.94. The molecular formula is C4H9ClN2O. The summed E-state index contributed by atoms with van der Waals surface area (Å²) in [5, 5.41) is 4.76. The summed E-state index contributed by atoms with van der Waals surface area (Å²) in [6.07, 6.45) is 0. The molecule has 0 unspecified atom stereocenters. The maximum atomic E-state index is 9.95. The third-order valence-electron chi connectivity index (χ3n) is 0.639. The van der Waals surface area contributed by atoms with Crippen LogP contribution in [-0.2, 0) is 0 Å². The lowest BCUT2D eigenvalue weighted by atomic mass is 10.6. The van der Waals surface area contributed by atoms with E-state index in [2.05, 4.69) is 10.6 Å². The molecule has 4 heteroatoms. The van der Waals surface area contributed by atoms with Gasteiger partial charge in [0.2, 0.25) is 0 Å². The molecule has 0 fully saturated rings. The molecule has 0 bridgehead atoms. The van der Waals surface area contributed by atoms with Gasteiger partial charge in [-0.3, -0.25) is 4.79 Å². The highest BCUT2D eigenvalue weighted by atomic mass is 35.5. The zero-order chi connectivity index (χ0) is 6.41. The number of carbonyl (C=O) groups excluding carboxylic acids is 1. The van der Waals surface area contributed by atoms with Crippen LogP contribution in [0.5, 0.6) is 0 Å². The zero-order valence-corrected chi connectivity index (χ0v) is 5.46. The van der Waals surface area contributed by atoms with E-state index in [0.717, 1.165) is 6.54 Å². The number of halogens is 1. The molecule has 1 amide bonds. The number of hydrogen-bond acceptors (Lipinski definition) is 2. The van der Waals surface area contributed by atoms with Gasteiger partial charge < -0.3 is 10.6 Å². The van der Waals surface area contributed by atoms with Crippen LogP contribution in [0, 0.1) is 0 Å². The molecule has 48 valence electrons. The van der Waals surface area contributed by atoms with Gasteiger partial charge in [0.25, 0.3) is 0 Å². The normalized spacial score (nSPS) is 8.75. The molecule has 0 aromatic carbocycles. The highest BCUT2D eigenvalue weighted by Gasteiger charge is 1.88. The van der Waals surface area contributed by atoms with Crippen LogP contribution in [0.3, 0.4) is 0 Å². The molecule has 8 heavy (non-hydrogen) atoms. The number of hydrogen-bond donors (Lipinski definition) is 2. The van der Waals surface area contributed by atoms with E-state index in [1.165, 1.54) is 0 Å². The van der Waals surface area contributed by atoms with Crippen molar-refractivity contribution in [1.29, 1.82) is 0 Å². The minimum absolute atomic E-state index is 0.500. The minimum atomic E-state index is -0.500. The lowest BCUT2D eigenvalue weighted by Gasteiger charge is -1.96. The Kier molecular flexibility index (Phi) is 4.70. The summed E-state index contributed by atoms with van der Waals surface area (Å²) < 4.78 is 0. The first-order valence-corrected chi connectivity index (χ1v) is 2.73. The fourth-order valence-corrected chi connectivity index (χ4v) is 0.380. The highest BCUT2D eigenvalue weighted by molar-refractivity contribution is 6.62. The Morgan fingerprint density at radius 3 is 2.62 bits per heavy atom. The number of likely N-dealkylation sites (N-methyl/N-ethyl adjacent to an activating group) is 1. The molecule has 0 atom stereocenters. The molecule has 0 aliphatic rings. The van der Waals surface area contributed by atoms with E-state index >= 15 is 0 Å². The van der Waals surface area contributed by atoms with Crippen LogP contribution in [0.2, 0.25) is 0 Å².